The van der Waals surface area contributed by atoms with Crippen LogP contribution in [0.1, 0.15) is 19.0 Å². The van der Waals surface area contributed by atoms with Crippen molar-refractivity contribution in [2.45, 2.75) is 24.6 Å². The number of alkyl halides is 2. The predicted octanol–water partition coefficient (Wildman–Crippen LogP) is 2.05. The molecule has 8 heteroatoms. The fraction of sp³-hybridized carbons (Fsp3) is 0.700. The lowest BCUT2D eigenvalue weighted by Crippen LogP contribution is -2.25. The van der Waals surface area contributed by atoms with Crippen molar-refractivity contribution in [3.63, 3.8) is 0 Å². The van der Waals surface area contributed by atoms with Crippen molar-refractivity contribution in [2.24, 2.45) is 12.5 Å². The first-order valence-corrected chi connectivity index (χ1v) is 7.84. The Labute approximate surface area is 117 Å². The fourth-order valence-electron chi connectivity index (χ4n) is 1.92. The normalized spacial score (nSPS) is 26.1. The first-order chi connectivity index (χ1) is 8.05. The molecule has 1 fully saturated rings. The molecule has 1 aliphatic rings. The number of hydrogen-bond acceptors (Lipinski definition) is 3. The molecular weight excluding hydrogens is 297 g/mol. The molecule has 2 rings (SSSR count). The van der Waals surface area contributed by atoms with Crippen LogP contribution >= 0.6 is 23.2 Å². The van der Waals surface area contributed by atoms with E-state index in [1.165, 1.54) is 4.68 Å². The molecule has 1 atom stereocenters. The van der Waals surface area contributed by atoms with E-state index in [1.54, 1.807) is 27.0 Å². The van der Waals surface area contributed by atoms with Gasteiger partial charge in [0.1, 0.15) is 10.2 Å². The average Bonchev–Trinajstić information content (AvgIpc) is 2.42. The van der Waals surface area contributed by atoms with Crippen LogP contribution in [-0.4, -0.2) is 28.3 Å². The molecule has 1 saturated carbocycles. The number of anilines is 1. The van der Waals surface area contributed by atoms with Gasteiger partial charge in [-0.3, -0.25) is 9.40 Å². The van der Waals surface area contributed by atoms with Gasteiger partial charge in [0.25, 0.3) is 0 Å². The summed E-state index contributed by atoms with van der Waals surface area (Å²) in [4.78, 5) is 0. The minimum atomic E-state index is -3.49. The minimum absolute atomic E-state index is 0.1000. The van der Waals surface area contributed by atoms with E-state index in [1.807, 2.05) is 0 Å². The molecule has 0 aliphatic heterocycles. The molecule has 102 valence electrons. The molecule has 0 aromatic carbocycles. The van der Waals surface area contributed by atoms with Crippen LogP contribution in [0.4, 0.5) is 5.82 Å². The Kier molecular flexibility index (Phi) is 3.11. The number of aryl methyl sites for hydroxylation is 2. The largest absolute Gasteiger partial charge is 0.268 e. The van der Waals surface area contributed by atoms with Gasteiger partial charge in [-0.15, -0.1) is 23.2 Å². The third kappa shape index (κ3) is 2.60. The summed E-state index contributed by atoms with van der Waals surface area (Å²) in [7, 11) is -1.81. The smallest absolute Gasteiger partial charge is 0.234 e. The summed E-state index contributed by atoms with van der Waals surface area (Å²) >= 11 is 11.9. The quantitative estimate of drug-likeness (QED) is 0.866. The van der Waals surface area contributed by atoms with Crippen molar-refractivity contribution >= 4 is 39.0 Å². The number of halogens is 2. The highest BCUT2D eigenvalue weighted by atomic mass is 35.5. The molecule has 18 heavy (non-hydrogen) atoms. The molecule has 1 N–H and O–H groups in total. The van der Waals surface area contributed by atoms with Gasteiger partial charge in [-0.2, -0.15) is 5.10 Å². The standard InChI is InChI=1S/C10H15Cl2N3O2S/c1-7-4-8(15(3)13-7)14-18(16,17)6-9(2)5-10(9,11)12/h4,14H,5-6H2,1-3H3. The number of nitrogens with zero attached hydrogens (tertiary/aromatic N) is 2. The van der Waals surface area contributed by atoms with Crippen molar-refractivity contribution in [2.75, 3.05) is 10.5 Å². The molecule has 0 amide bonds. The molecule has 1 aromatic rings. The van der Waals surface area contributed by atoms with E-state index in [9.17, 15) is 8.42 Å². The van der Waals surface area contributed by atoms with Crippen molar-refractivity contribution in [1.82, 2.24) is 9.78 Å². The number of nitrogens with one attached hydrogen (secondary N) is 1. The number of rotatable bonds is 4. The van der Waals surface area contributed by atoms with Crippen LogP contribution in [0, 0.1) is 12.3 Å². The van der Waals surface area contributed by atoms with E-state index >= 15 is 0 Å². The molecule has 0 spiro atoms. The maximum absolute atomic E-state index is 12.0. The predicted molar refractivity (Wildman–Crippen MR) is 72.5 cm³/mol. The number of hydrogen-bond donors (Lipinski definition) is 1. The van der Waals surface area contributed by atoms with E-state index in [0.29, 0.717) is 12.2 Å². The summed E-state index contributed by atoms with van der Waals surface area (Å²) < 4.78 is 27.1. The van der Waals surface area contributed by atoms with E-state index in [0.717, 1.165) is 5.69 Å². The van der Waals surface area contributed by atoms with Gasteiger partial charge in [-0.05, 0) is 13.3 Å². The van der Waals surface area contributed by atoms with Crippen LogP contribution in [-0.2, 0) is 17.1 Å². The second kappa shape index (κ2) is 4.02. The van der Waals surface area contributed by atoms with Crippen molar-refractivity contribution in [1.29, 1.82) is 0 Å². The Bertz CT molecular complexity index is 582. The van der Waals surface area contributed by atoms with Crippen LogP contribution in [0.25, 0.3) is 0 Å². The van der Waals surface area contributed by atoms with Crippen molar-refractivity contribution in [3.8, 4) is 0 Å². The van der Waals surface area contributed by atoms with Crippen LogP contribution < -0.4 is 4.72 Å². The number of aromatic nitrogens is 2. The molecule has 1 heterocycles. The van der Waals surface area contributed by atoms with Gasteiger partial charge in [0.2, 0.25) is 10.0 Å². The first kappa shape index (κ1) is 14.0. The Morgan fingerprint density at radius 2 is 2.11 bits per heavy atom. The van der Waals surface area contributed by atoms with Crippen molar-refractivity contribution < 1.29 is 8.42 Å². The van der Waals surface area contributed by atoms with Gasteiger partial charge >= 0.3 is 0 Å². The Balaban J connectivity index is 2.12. The Morgan fingerprint density at radius 3 is 2.50 bits per heavy atom. The maximum Gasteiger partial charge on any atom is 0.234 e. The van der Waals surface area contributed by atoms with Crippen LogP contribution in [0.5, 0.6) is 0 Å². The highest BCUT2D eigenvalue weighted by Gasteiger charge is 2.64. The summed E-state index contributed by atoms with van der Waals surface area (Å²) in [6, 6.07) is 1.67. The molecule has 1 aromatic heterocycles. The van der Waals surface area contributed by atoms with Gasteiger partial charge in [0.05, 0.1) is 11.4 Å². The third-order valence-corrected chi connectivity index (χ3v) is 5.86. The summed E-state index contributed by atoms with van der Waals surface area (Å²) in [5, 5.41) is 4.07. The zero-order valence-electron chi connectivity index (χ0n) is 10.4. The SMILES string of the molecule is Cc1cc(NS(=O)(=O)CC2(C)CC2(Cl)Cl)n(C)n1. The van der Waals surface area contributed by atoms with Crippen LogP contribution in [0.15, 0.2) is 6.07 Å². The van der Waals surface area contributed by atoms with Gasteiger partial charge in [-0.1, -0.05) is 6.92 Å². The molecule has 1 unspecified atom stereocenters. The molecule has 5 nitrogen and oxygen atoms in total. The van der Waals surface area contributed by atoms with Gasteiger partial charge in [0, 0.05) is 18.5 Å². The van der Waals surface area contributed by atoms with E-state index in [4.69, 9.17) is 23.2 Å². The maximum atomic E-state index is 12.0. The summed E-state index contributed by atoms with van der Waals surface area (Å²) in [6.45, 7) is 3.56. The Morgan fingerprint density at radius 1 is 1.56 bits per heavy atom. The topological polar surface area (TPSA) is 64.0 Å². The summed E-state index contributed by atoms with van der Waals surface area (Å²) in [5.74, 6) is 0.337. The molecule has 0 bridgehead atoms. The summed E-state index contributed by atoms with van der Waals surface area (Å²) in [6.07, 6.45) is 0.481. The lowest BCUT2D eigenvalue weighted by molar-refractivity contribution is 0.569. The molecule has 1 aliphatic carbocycles. The highest BCUT2D eigenvalue weighted by Crippen LogP contribution is 2.64. The molecule has 0 radical (unpaired) electrons. The summed E-state index contributed by atoms with van der Waals surface area (Å²) in [5.41, 5.74) is 0.159. The minimum Gasteiger partial charge on any atom is -0.268 e. The number of sulfonamides is 1. The zero-order valence-corrected chi connectivity index (χ0v) is 12.7. The third-order valence-electron chi connectivity index (χ3n) is 3.14. The molecule has 0 saturated heterocycles. The monoisotopic (exact) mass is 311 g/mol. The first-order valence-electron chi connectivity index (χ1n) is 5.44. The average molecular weight is 312 g/mol. The lowest BCUT2D eigenvalue weighted by atomic mass is 10.2. The Hall–Kier alpha value is -0.460. The fourth-order valence-corrected chi connectivity index (χ4v) is 4.57. The van der Waals surface area contributed by atoms with E-state index in [2.05, 4.69) is 9.82 Å². The second-order valence-corrected chi connectivity index (χ2v) is 8.30. The van der Waals surface area contributed by atoms with E-state index < -0.39 is 19.8 Å². The highest BCUT2D eigenvalue weighted by molar-refractivity contribution is 7.92. The van der Waals surface area contributed by atoms with Gasteiger partial charge in [-0.25, -0.2) is 8.42 Å². The van der Waals surface area contributed by atoms with E-state index in [-0.39, 0.29) is 5.75 Å². The van der Waals surface area contributed by atoms with Gasteiger partial charge in [0.15, 0.2) is 0 Å². The van der Waals surface area contributed by atoms with Gasteiger partial charge < -0.3 is 0 Å². The second-order valence-electron chi connectivity index (χ2n) is 5.10. The van der Waals surface area contributed by atoms with Crippen LogP contribution in [0.2, 0.25) is 0 Å². The van der Waals surface area contributed by atoms with Crippen LogP contribution in [0.3, 0.4) is 0 Å². The zero-order chi connectivity index (χ0) is 13.8. The lowest BCUT2D eigenvalue weighted by Gasteiger charge is -2.13. The van der Waals surface area contributed by atoms with Crippen molar-refractivity contribution in [3.05, 3.63) is 11.8 Å². The molecular formula is C10H15Cl2N3O2S.